The van der Waals surface area contributed by atoms with E-state index in [1.165, 1.54) is 13.0 Å². The predicted molar refractivity (Wildman–Crippen MR) is 76.0 cm³/mol. The van der Waals surface area contributed by atoms with Crippen molar-refractivity contribution < 1.29 is 14.0 Å². The molecule has 2 amide bonds. The van der Waals surface area contributed by atoms with E-state index in [1.54, 1.807) is 6.92 Å². The third-order valence-electron chi connectivity index (χ3n) is 3.03. The Kier molecular flexibility index (Phi) is 5.64. The maximum Gasteiger partial charge on any atom is 0.248 e. The fourth-order valence-electron chi connectivity index (χ4n) is 1.66. The zero-order valence-corrected chi connectivity index (χ0v) is 11.9. The molecule has 0 aliphatic heterocycles. The van der Waals surface area contributed by atoms with Gasteiger partial charge in [-0.1, -0.05) is 13.8 Å². The Morgan fingerprint density at radius 1 is 1.40 bits per heavy atom. The third-order valence-corrected chi connectivity index (χ3v) is 3.03. The smallest absolute Gasteiger partial charge is 0.248 e. The summed E-state index contributed by atoms with van der Waals surface area (Å²) in [4.78, 5) is 23.1. The average Bonchev–Trinajstić information content (AvgIpc) is 2.40. The monoisotopic (exact) mass is 281 g/mol. The van der Waals surface area contributed by atoms with Crippen LogP contribution in [0.5, 0.6) is 0 Å². The molecule has 0 saturated heterocycles. The quantitative estimate of drug-likeness (QED) is 0.737. The molecule has 4 N–H and O–H groups in total. The van der Waals surface area contributed by atoms with Gasteiger partial charge in [0.05, 0.1) is 0 Å². The number of amides is 2. The summed E-state index contributed by atoms with van der Waals surface area (Å²) in [5.41, 5.74) is 5.71. The van der Waals surface area contributed by atoms with Crippen molar-refractivity contribution in [3.8, 4) is 0 Å². The Morgan fingerprint density at radius 2 is 2.05 bits per heavy atom. The molecule has 1 aromatic rings. The van der Waals surface area contributed by atoms with Crippen LogP contribution in [0.25, 0.3) is 0 Å². The first-order valence-corrected chi connectivity index (χ1v) is 6.48. The van der Waals surface area contributed by atoms with Gasteiger partial charge < -0.3 is 16.4 Å². The molecule has 0 fully saturated rings. The van der Waals surface area contributed by atoms with Crippen LogP contribution in [0.2, 0.25) is 0 Å². The molecule has 5 nitrogen and oxygen atoms in total. The number of benzene rings is 1. The van der Waals surface area contributed by atoms with Gasteiger partial charge in [0.1, 0.15) is 5.82 Å². The van der Waals surface area contributed by atoms with E-state index in [-0.39, 0.29) is 28.6 Å². The minimum atomic E-state index is -0.736. The van der Waals surface area contributed by atoms with Gasteiger partial charge in [-0.05, 0) is 25.6 Å². The van der Waals surface area contributed by atoms with Crippen LogP contribution in [0.1, 0.15) is 29.8 Å². The zero-order chi connectivity index (χ0) is 15.3. The summed E-state index contributed by atoms with van der Waals surface area (Å²) in [7, 11) is 0. The molecule has 0 radical (unpaired) electrons. The molecule has 1 unspecified atom stereocenters. The number of hydrogen-bond acceptors (Lipinski definition) is 3. The summed E-state index contributed by atoms with van der Waals surface area (Å²) in [6.45, 7) is 6.54. The fraction of sp³-hybridized carbons (Fsp3) is 0.429. The van der Waals surface area contributed by atoms with E-state index in [4.69, 9.17) is 5.73 Å². The molecule has 0 heterocycles. The molecule has 1 atom stereocenters. The standard InChI is InChI=1S/C14H20FN3O2/c1-4-17-7-8(2)14(20)18-12-6-10(13(16)19)5-11(15)9(12)3/h5-6,8,17H,4,7H2,1-3H3,(H2,16,19)(H,18,20). The molecule has 0 aliphatic rings. The van der Waals surface area contributed by atoms with Gasteiger partial charge in [-0.3, -0.25) is 9.59 Å². The van der Waals surface area contributed by atoms with E-state index in [9.17, 15) is 14.0 Å². The Balaban J connectivity index is 2.91. The number of nitrogens with two attached hydrogens (primary N) is 1. The highest BCUT2D eigenvalue weighted by molar-refractivity contribution is 5.97. The van der Waals surface area contributed by atoms with Crippen LogP contribution < -0.4 is 16.4 Å². The highest BCUT2D eigenvalue weighted by Gasteiger charge is 2.16. The first-order chi connectivity index (χ1) is 9.36. The molecule has 20 heavy (non-hydrogen) atoms. The maximum atomic E-state index is 13.7. The number of anilines is 1. The van der Waals surface area contributed by atoms with Crippen LogP contribution in [0.4, 0.5) is 10.1 Å². The highest BCUT2D eigenvalue weighted by Crippen LogP contribution is 2.21. The van der Waals surface area contributed by atoms with Crippen LogP contribution in [0, 0.1) is 18.7 Å². The van der Waals surface area contributed by atoms with Gasteiger partial charge in [-0.15, -0.1) is 0 Å². The lowest BCUT2D eigenvalue weighted by atomic mass is 10.1. The van der Waals surface area contributed by atoms with Crippen molar-refractivity contribution in [1.82, 2.24) is 5.32 Å². The van der Waals surface area contributed by atoms with Gasteiger partial charge in [0.2, 0.25) is 11.8 Å². The molecule has 0 aromatic heterocycles. The number of rotatable bonds is 6. The summed E-state index contributed by atoms with van der Waals surface area (Å²) < 4.78 is 13.7. The number of carbonyl (C=O) groups is 2. The number of halogens is 1. The number of carbonyl (C=O) groups excluding carboxylic acids is 2. The van der Waals surface area contributed by atoms with Crippen molar-refractivity contribution in [3.63, 3.8) is 0 Å². The lowest BCUT2D eigenvalue weighted by Crippen LogP contribution is -2.30. The minimum absolute atomic E-state index is 0.0303. The SMILES string of the molecule is CCNCC(C)C(=O)Nc1cc(C(N)=O)cc(F)c1C. The number of nitrogens with one attached hydrogen (secondary N) is 2. The van der Waals surface area contributed by atoms with Crippen molar-refractivity contribution in [2.45, 2.75) is 20.8 Å². The number of primary amides is 1. The molecule has 1 aromatic carbocycles. The molecular weight excluding hydrogens is 261 g/mol. The van der Waals surface area contributed by atoms with E-state index >= 15 is 0 Å². The summed E-state index contributed by atoms with van der Waals surface area (Å²) in [6, 6.07) is 2.45. The van der Waals surface area contributed by atoms with Gasteiger partial charge in [-0.2, -0.15) is 0 Å². The summed E-state index contributed by atoms with van der Waals surface area (Å²) in [5, 5.41) is 5.69. The zero-order valence-electron chi connectivity index (χ0n) is 11.9. The van der Waals surface area contributed by atoms with E-state index < -0.39 is 11.7 Å². The second kappa shape index (κ2) is 7.00. The normalized spacial score (nSPS) is 12.0. The molecule has 6 heteroatoms. The van der Waals surface area contributed by atoms with Crippen LogP contribution in [-0.4, -0.2) is 24.9 Å². The molecule has 0 aliphatic carbocycles. The first kappa shape index (κ1) is 16.1. The van der Waals surface area contributed by atoms with Crippen LogP contribution >= 0.6 is 0 Å². The van der Waals surface area contributed by atoms with Gasteiger partial charge in [0, 0.05) is 29.3 Å². The molecule has 0 saturated carbocycles. The molecule has 110 valence electrons. The fourth-order valence-corrected chi connectivity index (χ4v) is 1.66. The van der Waals surface area contributed by atoms with Crippen molar-refractivity contribution in [1.29, 1.82) is 0 Å². The molecule has 0 bridgehead atoms. The summed E-state index contributed by atoms with van der Waals surface area (Å²) >= 11 is 0. The Labute approximate surface area is 117 Å². The first-order valence-electron chi connectivity index (χ1n) is 6.48. The van der Waals surface area contributed by atoms with Crippen molar-refractivity contribution >= 4 is 17.5 Å². The van der Waals surface area contributed by atoms with Crippen molar-refractivity contribution in [2.24, 2.45) is 11.7 Å². The Bertz CT molecular complexity index is 517. The van der Waals surface area contributed by atoms with E-state index in [0.717, 1.165) is 12.6 Å². The Morgan fingerprint density at radius 3 is 2.60 bits per heavy atom. The van der Waals surface area contributed by atoms with E-state index in [1.807, 2.05) is 6.92 Å². The molecule has 1 rings (SSSR count). The Hall–Kier alpha value is -1.95. The van der Waals surface area contributed by atoms with E-state index in [0.29, 0.717) is 6.54 Å². The lowest BCUT2D eigenvalue weighted by Gasteiger charge is -2.15. The summed E-state index contributed by atoms with van der Waals surface area (Å²) in [6.07, 6.45) is 0. The predicted octanol–water partition coefficient (Wildman–Crippen LogP) is 1.42. The van der Waals surface area contributed by atoms with Crippen molar-refractivity contribution in [3.05, 3.63) is 29.1 Å². The lowest BCUT2D eigenvalue weighted by molar-refractivity contribution is -0.119. The molecular formula is C14H20FN3O2. The number of hydrogen-bond donors (Lipinski definition) is 3. The largest absolute Gasteiger partial charge is 0.366 e. The topological polar surface area (TPSA) is 84.2 Å². The molecule has 0 spiro atoms. The minimum Gasteiger partial charge on any atom is -0.366 e. The van der Waals surface area contributed by atoms with Crippen LogP contribution in [-0.2, 0) is 4.79 Å². The van der Waals surface area contributed by atoms with E-state index in [2.05, 4.69) is 10.6 Å². The second-order valence-electron chi connectivity index (χ2n) is 4.69. The van der Waals surface area contributed by atoms with Crippen LogP contribution in [0.15, 0.2) is 12.1 Å². The summed E-state index contributed by atoms with van der Waals surface area (Å²) in [5.74, 6) is -1.82. The van der Waals surface area contributed by atoms with Gasteiger partial charge in [-0.25, -0.2) is 4.39 Å². The van der Waals surface area contributed by atoms with Crippen molar-refractivity contribution in [2.75, 3.05) is 18.4 Å². The average molecular weight is 281 g/mol. The van der Waals surface area contributed by atoms with Gasteiger partial charge in [0.15, 0.2) is 0 Å². The van der Waals surface area contributed by atoms with Crippen LogP contribution in [0.3, 0.4) is 0 Å². The van der Waals surface area contributed by atoms with Gasteiger partial charge >= 0.3 is 0 Å². The third kappa shape index (κ3) is 4.03. The maximum absolute atomic E-state index is 13.7. The second-order valence-corrected chi connectivity index (χ2v) is 4.69. The highest BCUT2D eigenvalue weighted by atomic mass is 19.1. The van der Waals surface area contributed by atoms with Gasteiger partial charge in [0.25, 0.3) is 0 Å².